The van der Waals surface area contributed by atoms with Crippen LogP contribution >= 0.6 is 0 Å². The Bertz CT molecular complexity index is 496. The van der Waals surface area contributed by atoms with Gasteiger partial charge >= 0.3 is 0 Å². The largest absolute Gasteiger partial charge is 0.393 e. The van der Waals surface area contributed by atoms with Crippen molar-refractivity contribution < 1.29 is 20.4 Å². The van der Waals surface area contributed by atoms with Gasteiger partial charge in [-0.05, 0) is 68.1 Å². The quantitative estimate of drug-likeness (QED) is 0.548. The molecule has 4 nitrogen and oxygen atoms in total. The molecule has 4 saturated carbocycles. The summed E-state index contributed by atoms with van der Waals surface area (Å²) in [6.45, 7) is 4.37. The van der Waals surface area contributed by atoms with Crippen LogP contribution in [0.4, 0.5) is 0 Å². The van der Waals surface area contributed by atoms with Gasteiger partial charge in [0.1, 0.15) is 0 Å². The van der Waals surface area contributed by atoms with E-state index in [4.69, 9.17) is 0 Å². The highest BCUT2D eigenvalue weighted by Crippen LogP contribution is 2.67. The molecule has 0 amide bonds. The van der Waals surface area contributed by atoms with E-state index in [2.05, 4.69) is 13.8 Å². The molecule has 4 N–H and O–H groups in total. The maximum atomic E-state index is 11.3. The molecule has 4 aliphatic carbocycles. The van der Waals surface area contributed by atoms with Gasteiger partial charge in [-0.3, -0.25) is 0 Å². The van der Waals surface area contributed by atoms with Gasteiger partial charge in [-0.15, -0.1) is 0 Å². The highest BCUT2D eigenvalue weighted by molar-refractivity contribution is 5.17. The molecule has 4 heteroatoms. The normalized spacial score (nSPS) is 62.3. The summed E-state index contributed by atoms with van der Waals surface area (Å²) >= 11 is 0. The maximum Gasteiger partial charge on any atom is 0.0985 e. The predicted molar refractivity (Wildman–Crippen MR) is 86.6 cm³/mol. The topological polar surface area (TPSA) is 80.9 Å². The molecule has 0 bridgehead atoms. The molecular weight excluding hydrogens is 292 g/mol. The molecule has 4 aliphatic rings. The van der Waals surface area contributed by atoms with Crippen molar-refractivity contribution in [2.24, 2.45) is 28.6 Å². The average Bonchev–Trinajstić information content (AvgIpc) is 2.79. The van der Waals surface area contributed by atoms with Gasteiger partial charge < -0.3 is 20.4 Å². The molecule has 4 unspecified atom stereocenters. The first-order valence-corrected chi connectivity index (χ1v) is 9.49. The molecule has 0 spiro atoms. The number of fused-ring (bicyclic) bond motifs is 5. The lowest BCUT2D eigenvalue weighted by Gasteiger charge is -2.65. The molecule has 0 aromatic carbocycles. The van der Waals surface area contributed by atoms with E-state index in [-0.39, 0.29) is 16.9 Å². The van der Waals surface area contributed by atoms with Crippen LogP contribution in [0, 0.1) is 28.6 Å². The van der Waals surface area contributed by atoms with E-state index >= 15 is 0 Å². The van der Waals surface area contributed by atoms with Crippen molar-refractivity contribution in [1.29, 1.82) is 0 Å². The molecule has 0 aliphatic heterocycles. The van der Waals surface area contributed by atoms with Crippen molar-refractivity contribution in [3.8, 4) is 0 Å². The van der Waals surface area contributed by atoms with Crippen LogP contribution < -0.4 is 0 Å². The Hall–Kier alpha value is -0.160. The molecule has 0 aromatic heterocycles. The minimum atomic E-state index is -1.16. The van der Waals surface area contributed by atoms with Gasteiger partial charge in [0.2, 0.25) is 0 Å². The standard InChI is InChI=1S/C19H32O4/c1-17-7-6-14-12(13(17)3-4-15(17)21)9-16(22)19(23)10-11(20)5-8-18(14,19)2/h11-16,20-23H,3-10H2,1-2H3/t11?,12-,13-,14+,15?,16?,17-,18+,19?/m0/s1. The number of aliphatic hydroxyl groups is 4. The molecule has 0 heterocycles. The summed E-state index contributed by atoms with van der Waals surface area (Å²) < 4.78 is 0. The minimum absolute atomic E-state index is 0.0130. The number of aliphatic hydroxyl groups excluding tert-OH is 3. The average molecular weight is 324 g/mol. The molecule has 4 fully saturated rings. The van der Waals surface area contributed by atoms with Crippen LogP contribution in [-0.4, -0.2) is 44.3 Å². The molecule has 0 aromatic rings. The zero-order chi connectivity index (χ0) is 16.6. The number of rotatable bonds is 0. The van der Waals surface area contributed by atoms with Gasteiger partial charge in [-0.25, -0.2) is 0 Å². The summed E-state index contributed by atoms with van der Waals surface area (Å²) in [7, 11) is 0. The van der Waals surface area contributed by atoms with Crippen LogP contribution in [0.15, 0.2) is 0 Å². The summed E-state index contributed by atoms with van der Waals surface area (Å²) in [5, 5.41) is 42.7. The maximum absolute atomic E-state index is 11.3. The molecule has 0 radical (unpaired) electrons. The Morgan fingerprint density at radius 2 is 1.57 bits per heavy atom. The first-order chi connectivity index (χ1) is 10.7. The van der Waals surface area contributed by atoms with E-state index in [9.17, 15) is 20.4 Å². The molecular formula is C19H32O4. The van der Waals surface area contributed by atoms with E-state index in [0.29, 0.717) is 30.6 Å². The molecule has 23 heavy (non-hydrogen) atoms. The second-order valence-corrected chi connectivity index (χ2v) is 9.50. The first kappa shape index (κ1) is 16.3. The predicted octanol–water partition coefficient (Wildman–Crippen LogP) is 1.84. The monoisotopic (exact) mass is 324 g/mol. The van der Waals surface area contributed by atoms with Gasteiger partial charge in [-0.1, -0.05) is 13.8 Å². The van der Waals surface area contributed by atoms with Crippen LogP contribution in [0.5, 0.6) is 0 Å². The van der Waals surface area contributed by atoms with Crippen LogP contribution in [0.1, 0.15) is 65.2 Å². The van der Waals surface area contributed by atoms with Gasteiger partial charge in [0.25, 0.3) is 0 Å². The third kappa shape index (κ3) is 1.92. The Kier molecular flexibility index (Phi) is 3.50. The van der Waals surface area contributed by atoms with Gasteiger partial charge in [0.05, 0.1) is 23.9 Å². The second-order valence-electron chi connectivity index (χ2n) is 9.50. The van der Waals surface area contributed by atoms with E-state index < -0.39 is 17.8 Å². The van der Waals surface area contributed by atoms with E-state index in [1.165, 1.54) is 0 Å². The van der Waals surface area contributed by atoms with Gasteiger partial charge in [-0.2, -0.15) is 0 Å². The van der Waals surface area contributed by atoms with Crippen molar-refractivity contribution in [3.63, 3.8) is 0 Å². The highest BCUT2D eigenvalue weighted by Gasteiger charge is 2.67. The number of hydrogen-bond donors (Lipinski definition) is 4. The zero-order valence-corrected chi connectivity index (χ0v) is 14.4. The highest BCUT2D eigenvalue weighted by atomic mass is 16.3. The van der Waals surface area contributed by atoms with Crippen LogP contribution in [-0.2, 0) is 0 Å². The minimum Gasteiger partial charge on any atom is -0.393 e. The lowest BCUT2D eigenvalue weighted by atomic mass is 9.43. The van der Waals surface area contributed by atoms with Gasteiger partial charge in [0.15, 0.2) is 0 Å². The molecule has 132 valence electrons. The lowest BCUT2D eigenvalue weighted by molar-refractivity contribution is -0.265. The fourth-order valence-corrected chi connectivity index (χ4v) is 7.23. The lowest BCUT2D eigenvalue weighted by Crippen LogP contribution is -2.68. The van der Waals surface area contributed by atoms with Crippen molar-refractivity contribution in [2.75, 3.05) is 0 Å². The van der Waals surface area contributed by atoms with Crippen molar-refractivity contribution in [2.45, 2.75) is 89.1 Å². The second kappa shape index (κ2) is 4.94. The van der Waals surface area contributed by atoms with Gasteiger partial charge in [0, 0.05) is 11.8 Å². The Balaban J connectivity index is 1.71. The Labute approximate surface area is 138 Å². The third-order valence-electron chi connectivity index (χ3n) is 8.78. The Morgan fingerprint density at radius 1 is 0.826 bits per heavy atom. The summed E-state index contributed by atoms with van der Waals surface area (Å²) in [5.41, 5.74) is -1.49. The first-order valence-electron chi connectivity index (χ1n) is 9.49. The van der Waals surface area contributed by atoms with Crippen molar-refractivity contribution >= 4 is 0 Å². The number of hydrogen-bond acceptors (Lipinski definition) is 4. The van der Waals surface area contributed by atoms with Crippen LogP contribution in [0.25, 0.3) is 0 Å². The summed E-state index contributed by atoms with van der Waals surface area (Å²) in [6, 6.07) is 0. The summed E-state index contributed by atoms with van der Waals surface area (Å²) in [5.74, 6) is 1.24. The van der Waals surface area contributed by atoms with Crippen LogP contribution in [0.2, 0.25) is 0 Å². The fraction of sp³-hybridized carbons (Fsp3) is 1.00. The third-order valence-corrected chi connectivity index (χ3v) is 8.78. The molecule has 4 rings (SSSR count). The smallest absolute Gasteiger partial charge is 0.0985 e. The van der Waals surface area contributed by atoms with Crippen molar-refractivity contribution in [1.82, 2.24) is 0 Å². The molecule has 0 saturated heterocycles. The summed E-state index contributed by atoms with van der Waals surface area (Å²) in [6.07, 6.45) is 4.92. The SMILES string of the molecule is C[C@]12CC[C@@H]3[C@@H](CC(O)C4(O)CC(O)CC[C@]34C)[C@@H]1CCC2O. The summed E-state index contributed by atoms with van der Waals surface area (Å²) in [4.78, 5) is 0. The van der Waals surface area contributed by atoms with E-state index in [1.54, 1.807) is 0 Å². The fourth-order valence-electron chi connectivity index (χ4n) is 7.23. The molecule has 9 atom stereocenters. The Morgan fingerprint density at radius 3 is 2.30 bits per heavy atom. The van der Waals surface area contributed by atoms with Crippen molar-refractivity contribution in [3.05, 3.63) is 0 Å². The van der Waals surface area contributed by atoms with E-state index in [0.717, 1.165) is 38.5 Å². The zero-order valence-electron chi connectivity index (χ0n) is 14.4. The van der Waals surface area contributed by atoms with E-state index in [1.807, 2.05) is 0 Å². The van der Waals surface area contributed by atoms with Crippen LogP contribution in [0.3, 0.4) is 0 Å².